The van der Waals surface area contributed by atoms with Gasteiger partial charge in [0.2, 0.25) is 0 Å². The standard InChI is InChI=1S/C41H50O4/c42-29-31-44-39-35(33-19-11-9-12-20-33)23-17-25-37(39)41(27-15-7-5-3-1-2-4-6-8-16-28-41)38-26-18-24-36(40(38)45-32-30-43)34-21-13-10-14-22-34/h9-14,17-26,42-43H,1-8,15-16,27-32H2. The molecule has 0 radical (unpaired) electrons. The molecule has 4 heteroatoms. The van der Waals surface area contributed by atoms with E-state index in [1.807, 2.05) is 12.1 Å². The summed E-state index contributed by atoms with van der Waals surface area (Å²) in [4.78, 5) is 0. The Morgan fingerprint density at radius 1 is 0.444 bits per heavy atom. The molecule has 4 aromatic carbocycles. The molecule has 4 aromatic rings. The number of para-hydroxylation sites is 2. The van der Waals surface area contributed by atoms with Gasteiger partial charge in [0.05, 0.1) is 13.2 Å². The second-order valence-corrected chi connectivity index (χ2v) is 12.4. The summed E-state index contributed by atoms with van der Waals surface area (Å²) >= 11 is 0. The largest absolute Gasteiger partial charge is 0.490 e. The monoisotopic (exact) mass is 606 g/mol. The fourth-order valence-corrected chi connectivity index (χ4v) is 7.20. The zero-order valence-corrected chi connectivity index (χ0v) is 26.8. The predicted octanol–water partition coefficient (Wildman–Crippen LogP) is 9.74. The van der Waals surface area contributed by atoms with Crippen molar-refractivity contribution in [1.29, 1.82) is 0 Å². The summed E-state index contributed by atoms with van der Waals surface area (Å²) in [6, 6.07) is 34.0. The quantitative estimate of drug-likeness (QED) is 0.189. The smallest absolute Gasteiger partial charge is 0.131 e. The number of aliphatic hydroxyl groups excluding tert-OH is 2. The van der Waals surface area contributed by atoms with E-state index in [1.54, 1.807) is 0 Å². The summed E-state index contributed by atoms with van der Waals surface area (Å²) in [6.45, 7) is 0.351. The van der Waals surface area contributed by atoms with Gasteiger partial charge in [0.1, 0.15) is 24.7 Å². The molecule has 4 nitrogen and oxygen atoms in total. The van der Waals surface area contributed by atoms with E-state index >= 15 is 0 Å². The zero-order chi connectivity index (χ0) is 31.2. The lowest BCUT2D eigenvalue weighted by molar-refractivity contribution is 0.194. The van der Waals surface area contributed by atoms with Gasteiger partial charge in [-0.1, -0.05) is 161 Å². The molecule has 0 saturated heterocycles. The summed E-state index contributed by atoms with van der Waals surface area (Å²) in [7, 11) is 0. The lowest BCUT2D eigenvalue weighted by Gasteiger charge is -2.39. The van der Waals surface area contributed by atoms with Gasteiger partial charge in [0, 0.05) is 27.7 Å². The first-order valence-electron chi connectivity index (χ1n) is 17.1. The Kier molecular flexibility index (Phi) is 12.5. The molecule has 0 unspecified atom stereocenters. The molecule has 0 amide bonds. The van der Waals surface area contributed by atoms with Gasteiger partial charge in [0.25, 0.3) is 0 Å². The van der Waals surface area contributed by atoms with Crippen molar-refractivity contribution in [2.75, 3.05) is 26.4 Å². The van der Waals surface area contributed by atoms with Crippen molar-refractivity contribution >= 4 is 0 Å². The molecule has 45 heavy (non-hydrogen) atoms. The molecule has 1 fully saturated rings. The van der Waals surface area contributed by atoms with Crippen molar-refractivity contribution < 1.29 is 19.7 Å². The second-order valence-electron chi connectivity index (χ2n) is 12.4. The van der Waals surface area contributed by atoms with Crippen molar-refractivity contribution in [1.82, 2.24) is 0 Å². The summed E-state index contributed by atoms with van der Waals surface area (Å²) in [6.07, 6.45) is 14.3. The Balaban J connectivity index is 1.77. The van der Waals surface area contributed by atoms with E-state index in [-0.39, 0.29) is 31.8 Å². The van der Waals surface area contributed by atoms with Gasteiger partial charge in [-0.3, -0.25) is 0 Å². The third-order valence-corrected chi connectivity index (χ3v) is 9.36. The number of benzene rings is 4. The van der Waals surface area contributed by atoms with E-state index in [4.69, 9.17) is 9.47 Å². The molecule has 1 aliphatic carbocycles. The molecular weight excluding hydrogens is 556 g/mol. The molecule has 0 heterocycles. The van der Waals surface area contributed by atoms with Crippen LogP contribution in [0.3, 0.4) is 0 Å². The molecule has 0 aliphatic heterocycles. The fourth-order valence-electron chi connectivity index (χ4n) is 7.20. The van der Waals surface area contributed by atoms with Crippen LogP contribution in [0.4, 0.5) is 0 Å². The third kappa shape index (κ3) is 8.17. The average molecular weight is 607 g/mol. The molecule has 1 saturated carbocycles. The highest BCUT2D eigenvalue weighted by Gasteiger charge is 2.40. The highest BCUT2D eigenvalue weighted by atomic mass is 16.5. The SMILES string of the molecule is OCCOc1c(-c2ccccc2)cccc1C1(c2cccc(-c3ccccc3)c2OCCO)CCCCCCCCCCCC1. The van der Waals surface area contributed by atoms with Crippen molar-refractivity contribution in [3.8, 4) is 33.8 Å². The van der Waals surface area contributed by atoms with Crippen molar-refractivity contribution in [2.45, 2.75) is 82.5 Å². The van der Waals surface area contributed by atoms with Crippen LogP contribution in [0.25, 0.3) is 22.3 Å². The minimum Gasteiger partial charge on any atom is -0.490 e. The number of rotatable bonds is 10. The molecule has 0 aromatic heterocycles. The lowest BCUT2D eigenvalue weighted by Crippen LogP contribution is -2.30. The van der Waals surface area contributed by atoms with Crippen molar-refractivity contribution in [2.24, 2.45) is 0 Å². The van der Waals surface area contributed by atoms with Crippen LogP contribution in [0.2, 0.25) is 0 Å². The minimum absolute atomic E-state index is 0.0517. The fraction of sp³-hybridized carbons (Fsp3) is 0.415. The molecular formula is C41H50O4. The summed E-state index contributed by atoms with van der Waals surface area (Å²) in [5.41, 5.74) is 6.21. The van der Waals surface area contributed by atoms with E-state index in [9.17, 15) is 10.2 Å². The van der Waals surface area contributed by atoms with Gasteiger partial charge in [-0.15, -0.1) is 0 Å². The predicted molar refractivity (Wildman–Crippen MR) is 185 cm³/mol. The van der Waals surface area contributed by atoms with Crippen LogP contribution in [-0.4, -0.2) is 36.6 Å². The van der Waals surface area contributed by atoms with Crippen molar-refractivity contribution in [3.05, 3.63) is 108 Å². The number of hydrogen-bond donors (Lipinski definition) is 2. The molecule has 238 valence electrons. The van der Waals surface area contributed by atoms with Gasteiger partial charge in [-0.25, -0.2) is 0 Å². The van der Waals surface area contributed by atoms with Crippen LogP contribution < -0.4 is 9.47 Å². The molecule has 0 atom stereocenters. The topological polar surface area (TPSA) is 58.9 Å². The highest BCUT2D eigenvalue weighted by Crippen LogP contribution is 2.52. The van der Waals surface area contributed by atoms with E-state index in [0.29, 0.717) is 0 Å². The molecule has 0 spiro atoms. The highest BCUT2D eigenvalue weighted by molar-refractivity contribution is 5.77. The molecule has 1 aliphatic rings. The van der Waals surface area contributed by atoms with Gasteiger partial charge in [-0.05, 0) is 24.0 Å². The third-order valence-electron chi connectivity index (χ3n) is 9.36. The van der Waals surface area contributed by atoms with E-state index in [0.717, 1.165) is 70.6 Å². The number of hydrogen-bond acceptors (Lipinski definition) is 4. The Morgan fingerprint density at radius 2 is 0.822 bits per heavy atom. The maximum absolute atomic E-state index is 9.94. The molecule has 2 N–H and O–H groups in total. The van der Waals surface area contributed by atoms with Crippen LogP contribution in [0.5, 0.6) is 11.5 Å². The Labute approximate surface area is 270 Å². The summed E-state index contributed by atoms with van der Waals surface area (Å²) < 4.78 is 13.1. The minimum atomic E-state index is -0.390. The van der Waals surface area contributed by atoms with E-state index in [2.05, 4.69) is 84.9 Å². The van der Waals surface area contributed by atoms with Crippen LogP contribution >= 0.6 is 0 Å². The van der Waals surface area contributed by atoms with Crippen LogP contribution in [-0.2, 0) is 5.41 Å². The lowest BCUT2D eigenvalue weighted by atomic mass is 9.66. The summed E-state index contributed by atoms with van der Waals surface area (Å²) in [5.74, 6) is 1.69. The van der Waals surface area contributed by atoms with Crippen LogP contribution in [0.1, 0.15) is 88.2 Å². The second kappa shape index (κ2) is 17.2. The molecule has 5 rings (SSSR count). The van der Waals surface area contributed by atoms with E-state index in [1.165, 1.54) is 51.4 Å². The van der Waals surface area contributed by atoms with E-state index < -0.39 is 0 Å². The first kappa shape index (κ1) is 32.8. The van der Waals surface area contributed by atoms with Gasteiger partial charge in [-0.2, -0.15) is 0 Å². The molecule has 0 bridgehead atoms. The normalized spacial score (nSPS) is 16.1. The Morgan fingerprint density at radius 3 is 1.20 bits per heavy atom. The Hall–Kier alpha value is -3.60. The number of aliphatic hydroxyl groups is 2. The maximum atomic E-state index is 9.94. The first-order chi connectivity index (χ1) is 22.3. The average Bonchev–Trinajstić information content (AvgIpc) is 3.12. The van der Waals surface area contributed by atoms with Gasteiger partial charge in [0.15, 0.2) is 0 Å². The zero-order valence-electron chi connectivity index (χ0n) is 26.8. The summed E-state index contributed by atoms with van der Waals surface area (Å²) in [5, 5.41) is 19.9. The van der Waals surface area contributed by atoms with Crippen molar-refractivity contribution in [3.63, 3.8) is 0 Å². The maximum Gasteiger partial charge on any atom is 0.131 e. The van der Waals surface area contributed by atoms with Gasteiger partial charge >= 0.3 is 0 Å². The first-order valence-corrected chi connectivity index (χ1v) is 17.1. The van der Waals surface area contributed by atoms with Crippen LogP contribution in [0, 0.1) is 0 Å². The number of ether oxygens (including phenoxy) is 2. The van der Waals surface area contributed by atoms with Crippen LogP contribution in [0.15, 0.2) is 97.1 Å². The Bertz CT molecular complexity index is 1320. The van der Waals surface area contributed by atoms with Gasteiger partial charge < -0.3 is 19.7 Å².